The van der Waals surface area contributed by atoms with Gasteiger partial charge in [-0.2, -0.15) is 5.10 Å². The molecule has 1 aliphatic heterocycles. The number of hydrogen-bond acceptors (Lipinski definition) is 8. The number of fused-ring (bicyclic) bond motifs is 1. The number of phosphoric ester groups is 1. The lowest BCUT2D eigenvalue weighted by molar-refractivity contribution is 0.145. The van der Waals surface area contributed by atoms with E-state index in [0.29, 0.717) is 29.5 Å². The molecule has 1 fully saturated rings. The Morgan fingerprint density at radius 1 is 1.16 bits per heavy atom. The molecule has 3 aromatic heterocycles. The molecule has 1 aliphatic rings. The molecule has 196 valence electrons. The summed E-state index contributed by atoms with van der Waals surface area (Å²) in [6.45, 7) is 7.97. The van der Waals surface area contributed by atoms with Crippen molar-refractivity contribution in [3.63, 3.8) is 0 Å². The van der Waals surface area contributed by atoms with E-state index in [1.165, 1.54) is 11.0 Å². The van der Waals surface area contributed by atoms with Crippen LogP contribution >= 0.6 is 7.82 Å². The number of benzene rings is 1. The van der Waals surface area contributed by atoms with Gasteiger partial charge in [0.15, 0.2) is 18.2 Å². The summed E-state index contributed by atoms with van der Waals surface area (Å²) in [6.07, 6.45) is 4.37. The summed E-state index contributed by atoms with van der Waals surface area (Å²) in [5.41, 5.74) is 2.92. The second-order valence-electron chi connectivity index (χ2n) is 8.30. The third kappa shape index (κ3) is 5.70. The zero-order valence-electron chi connectivity index (χ0n) is 20.8. The van der Waals surface area contributed by atoms with Crippen molar-refractivity contribution in [2.75, 3.05) is 11.5 Å². The topological polar surface area (TPSA) is 157 Å². The molecule has 5 rings (SSSR count). The van der Waals surface area contributed by atoms with Gasteiger partial charge >= 0.3 is 13.9 Å². The van der Waals surface area contributed by atoms with Crippen molar-refractivity contribution < 1.29 is 28.4 Å². The molecule has 14 heteroatoms. The van der Waals surface area contributed by atoms with Crippen molar-refractivity contribution >= 4 is 25.4 Å². The summed E-state index contributed by atoms with van der Waals surface area (Å²) >= 11 is 0. The number of rotatable bonds is 7. The molecule has 1 saturated heterocycles. The number of phosphoric acid groups is 1. The van der Waals surface area contributed by atoms with E-state index in [1.54, 1.807) is 27.9 Å². The van der Waals surface area contributed by atoms with E-state index in [1.807, 2.05) is 52.0 Å². The maximum Gasteiger partial charge on any atom is 0.471 e. The number of nitrogens with zero attached hydrogens (tertiary/aromatic N) is 7. The third-order valence-electron chi connectivity index (χ3n) is 5.63. The fourth-order valence-electron chi connectivity index (χ4n) is 3.81. The SMILES string of the molecule is CC.CC(C)C1COC(=O)N1c1ccn2ncc(-c3ccc(-c4ncn(COP(=O)(O)O)n4)cc3)c2n1. The highest BCUT2D eigenvalue weighted by Gasteiger charge is 2.37. The summed E-state index contributed by atoms with van der Waals surface area (Å²) in [5, 5.41) is 8.54. The Hall–Kier alpha value is -3.64. The van der Waals surface area contributed by atoms with Crippen molar-refractivity contribution in [2.45, 2.75) is 40.5 Å². The first-order chi connectivity index (χ1) is 17.7. The Bertz CT molecular complexity index is 1430. The lowest BCUT2D eigenvalue weighted by Crippen LogP contribution is -2.37. The van der Waals surface area contributed by atoms with E-state index in [2.05, 4.69) is 19.7 Å². The van der Waals surface area contributed by atoms with Gasteiger partial charge in [0.25, 0.3) is 0 Å². The Balaban J connectivity index is 0.00000156. The number of anilines is 1. The van der Waals surface area contributed by atoms with E-state index in [0.717, 1.165) is 11.1 Å². The monoisotopic (exact) mass is 529 g/mol. The number of aromatic nitrogens is 6. The normalized spacial score (nSPS) is 15.7. The molecule has 1 unspecified atom stereocenters. The highest BCUT2D eigenvalue weighted by atomic mass is 31.2. The molecule has 0 spiro atoms. The van der Waals surface area contributed by atoms with Gasteiger partial charge in [0.1, 0.15) is 18.8 Å². The molecule has 13 nitrogen and oxygen atoms in total. The third-order valence-corrected chi connectivity index (χ3v) is 6.08. The Morgan fingerprint density at radius 2 is 1.86 bits per heavy atom. The van der Waals surface area contributed by atoms with Crippen molar-refractivity contribution in [2.24, 2.45) is 5.92 Å². The first kappa shape index (κ1) is 26.4. The van der Waals surface area contributed by atoms with Crippen molar-refractivity contribution in [3.8, 4) is 22.5 Å². The largest absolute Gasteiger partial charge is 0.471 e. The maximum atomic E-state index is 12.4. The lowest BCUT2D eigenvalue weighted by atomic mass is 10.0. The molecule has 2 N–H and O–H groups in total. The van der Waals surface area contributed by atoms with E-state index in [4.69, 9.17) is 19.5 Å². The number of amides is 1. The summed E-state index contributed by atoms with van der Waals surface area (Å²) in [6, 6.07) is 9.02. The Morgan fingerprint density at radius 3 is 2.54 bits per heavy atom. The summed E-state index contributed by atoms with van der Waals surface area (Å²) in [4.78, 5) is 40.5. The number of cyclic esters (lactones) is 1. The fourth-order valence-corrected chi connectivity index (χ4v) is 4.08. The van der Waals surface area contributed by atoms with Gasteiger partial charge in [-0.15, -0.1) is 5.10 Å². The molecular weight excluding hydrogens is 501 g/mol. The predicted octanol–water partition coefficient (Wildman–Crippen LogP) is 3.73. The molecular formula is C23H28N7O6P. The van der Waals surface area contributed by atoms with Crippen LogP contribution in [-0.4, -0.2) is 57.9 Å². The van der Waals surface area contributed by atoms with Crippen molar-refractivity contribution in [1.82, 2.24) is 29.4 Å². The van der Waals surface area contributed by atoms with Gasteiger partial charge in [-0.25, -0.2) is 28.5 Å². The van der Waals surface area contributed by atoms with E-state index in [9.17, 15) is 9.36 Å². The van der Waals surface area contributed by atoms with Gasteiger partial charge in [-0.05, 0) is 17.5 Å². The van der Waals surface area contributed by atoms with Crippen LogP contribution in [0.1, 0.15) is 27.7 Å². The van der Waals surface area contributed by atoms with Crippen LogP contribution in [0.4, 0.5) is 10.6 Å². The van der Waals surface area contributed by atoms with Crippen LogP contribution in [0.15, 0.2) is 49.1 Å². The number of ether oxygens (including phenoxy) is 1. The minimum absolute atomic E-state index is 0.0949. The van der Waals surface area contributed by atoms with E-state index >= 15 is 0 Å². The highest BCUT2D eigenvalue weighted by molar-refractivity contribution is 7.46. The minimum atomic E-state index is -4.60. The molecule has 1 atom stereocenters. The molecule has 37 heavy (non-hydrogen) atoms. The smallest absolute Gasteiger partial charge is 0.447 e. The quantitative estimate of drug-likeness (QED) is 0.338. The highest BCUT2D eigenvalue weighted by Crippen LogP contribution is 2.36. The Labute approximate surface area is 212 Å². The minimum Gasteiger partial charge on any atom is -0.447 e. The first-order valence-corrected chi connectivity index (χ1v) is 13.2. The van der Waals surface area contributed by atoms with Crippen LogP contribution in [0.25, 0.3) is 28.2 Å². The second kappa shape index (κ2) is 10.8. The molecule has 4 heterocycles. The fraction of sp³-hybridized carbons (Fsp3) is 0.348. The maximum absolute atomic E-state index is 12.4. The van der Waals surface area contributed by atoms with Crippen molar-refractivity contribution in [1.29, 1.82) is 0 Å². The molecule has 0 saturated carbocycles. The molecule has 1 aromatic carbocycles. The number of carbonyl (C=O) groups excluding carboxylic acids is 1. The second-order valence-corrected chi connectivity index (χ2v) is 9.54. The van der Waals surface area contributed by atoms with Crippen LogP contribution in [-0.2, 0) is 20.6 Å². The number of carbonyl (C=O) groups is 1. The zero-order valence-corrected chi connectivity index (χ0v) is 21.7. The first-order valence-electron chi connectivity index (χ1n) is 11.7. The predicted molar refractivity (Wildman–Crippen MR) is 134 cm³/mol. The van der Waals surface area contributed by atoms with E-state index < -0.39 is 20.6 Å². The van der Waals surface area contributed by atoms with Gasteiger partial charge in [-0.1, -0.05) is 52.0 Å². The average molecular weight is 529 g/mol. The van der Waals surface area contributed by atoms with Crippen LogP contribution in [0, 0.1) is 5.92 Å². The van der Waals surface area contributed by atoms with Gasteiger partial charge in [0.05, 0.1) is 12.2 Å². The van der Waals surface area contributed by atoms with Gasteiger partial charge < -0.3 is 14.5 Å². The Kier molecular flexibility index (Phi) is 7.69. The molecule has 4 aromatic rings. The van der Waals surface area contributed by atoms with Crippen LogP contribution in [0.5, 0.6) is 0 Å². The molecule has 0 aliphatic carbocycles. The summed E-state index contributed by atoms with van der Waals surface area (Å²) in [7, 11) is -4.60. The standard InChI is InChI=1S/C21H22N7O6P.C2H6/c1-13(2)17-10-33-21(29)28(17)18-7-8-27-20(24-18)16(9-23-27)14-3-5-15(6-4-14)19-22-11-26(25-19)12-34-35(30,31)32;1-2/h3-9,11,13,17H,10,12H2,1-2H3,(H2,30,31,32);1-2H3. The molecule has 0 bridgehead atoms. The van der Waals surface area contributed by atoms with Crippen LogP contribution < -0.4 is 4.90 Å². The van der Waals surface area contributed by atoms with Gasteiger partial charge in [-0.3, -0.25) is 9.42 Å². The molecule has 0 radical (unpaired) electrons. The zero-order chi connectivity index (χ0) is 26.7. The van der Waals surface area contributed by atoms with E-state index in [-0.39, 0.29) is 12.0 Å². The van der Waals surface area contributed by atoms with Crippen LogP contribution in [0.3, 0.4) is 0 Å². The van der Waals surface area contributed by atoms with Crippen LogP contribution in [0.2, 0.25) is 0 Å². The van der Waals surface area contributed by atoms with Crippen molar-refractivity contribution in [3.05, 3.63) is 49.1 Å². The van der Waals surface area contributed by atoms with Gasteiger partial charge in [0.2, 0.25) is 0 Å². The van der Waals surface area contributed by atoms with Gasteiger partial charge in [0, 0.05) is 17.3 Å². The molecule has 1 amide bonds. The number of hydrogen-bond donors (Lipinski definition) is 2. The average Bonchev–Trinajstić information content (AvgIpc) is 3.61. The summed E-state index contributed by atoms with van der Waals surface area (Å²) in [5.74, 6) is 1.08. The lowest BCUT2D eigenvalue weighted by Gasteiger charge is -2.23. The summed E-state index contributed by atoms with van der Waals surface area (Å²) < 4.78 is 23.4.